The molecular formula is C69H78BN3S. The fourth-order valence-electron chi connectivity index (χ4n) is 15.2. The molecule has 74 heavy (non-hydrogen) atoms. The topological polar surface area (TPSA) is 18.5 Å². The first-order valence-corrected chi connectivity index (χ1v) is 29.4. The highest BCUT2D eigenvalue weighted by Gasteiger charge is 2.61. The monoisotopic (exact) mass is 992 g/mol. The van der Waals surface area contributed by atoms with E-state index in [2.05, 4.69) is 219 Å². The van der Waals surface area contributed by atoms with E-state index in [4.69, 9.17) is 0 Å². The minimum Gasteiger partial charge on any atom is -0.377 e. The number of rotatable bonds is 4. The van der Waals surface area contributed by atoms with Crippen molar-refractivity contribution < 1.29 is 0 Å². The van der Waals surface area contributed by atoms with Crippen LogP contribution in [0, 0.1) is 0 Å². The molecule has 0 amide bonds. The summed E-state index contributed by atoms with van der Waals surface area (Å²) in [5, 5.41) is 5.87. The SMILES string of the molecule is CC(C)(C)c1ccc(N(c2ccc(C(C)(C)C)cc2)c2ccc3c(c2)NC2c4sc5ccccc5c4C=CC2c2cc(C(C)(C)C)cc4c2B3c2ccc(C3CCCCC3)c3c2N4C(C)(C)C32CCCCC2)cc1. The number of anilines is 6. The van der Waals surface area contributed by atoms with Gasteiger partial charge in [-0.25, -0.2) is 0 Å². The van der Waals surface area contributed by atoms with Crippen LogP contribution in [0.25, 0.3) is 16.2 Å². The van der Waals surface area contributed by atoms with Crippen LogP contribution in [0.15, 0.2) is 121 Å². The zero-order valence-corrected chi connectivity index (χ0v) is 47.1. The van der Waals surface area contributed by atoms with Crippen molar-refractivity contribution in [3.8, 4) is 0 Å². The molecule has 3 aliphatic heterocycles. The number of hydrogen-bond donors (Lipinski definition) is 1. The van der Waals surface area contributed by atoms with Crippen molar-refractivity contribution in [2.45, 2.75) is 185 Å². The quantitative estimate of drug-likeness (QED) is 0.177. The summed E-state index contributed by atoms with van der Waals surface area (Å²) in [6.45, 7) is 26.6. The van der Waals surface area contributed by atoms with Crippen LogP contribution in [-0.2, 0) is 21.7 Å². The number of nitrogens with zero attached hydrogens (tertiary/aromatic N) is 2. The van der Waals surface area contributed by atoms with Gasteiger partial charge in [0.2, 0.25) is 6.71 Å². The van der Waals surface area contributed by atoms with E-state index < -0.39 is 0 Å². The first kappa shape index (κ1) is 48.1. The molecule has 0 bridgehead atoms. The van der Waals surface area contributed by atoms with E-state index in [1.165, 1.54) is 152 Å². The van der Waals surface area contributed by atoms with Crippen LogP contribution in [0.3, 0.4) is 0 Å². The maximum absolute atomic E-state index is 4.51. The Bertz CT molecular complexity index is 3320. The van der Waals surface area contributed by atoms with E-state index in [0.29, 0.717) is 5.92 Å². The highest BCUT2D eigenvalue weighted by molar-refractivity contribution is 7.19. The second kappa shape index (κ2) is 17.0. The van der Waals surface area contributed by atoms with Gasteiger partial charge in [0.1, 0.15) is 0 Å². The van der Waals surface area contributed by atoms with E-state index in [1.807, 2.05) is 11.3 Å². The molecule has 6 aliphatic rings. The summed E-state index contributed by atoms with van der Waals surface area (Å²) in [5.41, 5.74) is 22.7. The van der Waals surface area contributed by atoms with Crippen LogP contribution in [0.1, 0.15) is 202 Å². The maximum Gasteiger partial charge on any atom is 0.249 e. The van der Waals surface area contributed by atoms with Gasteiger partial charge in [-0.05, 0) is 166 Å². The molecule has 6 aromatic carbocycles. The van der Waals surface area contributed by atoms with E-state index in [-0.39, 0.29) is 45.9 Å². The third kappa shape index (κ3) is 7.31. The zero-order chi connectivity index (χ0) is 51.3. The van der Waals surface area contributed by atoms with Gasteiger partial charge in [-0.15, -0.1) is 11.3 Å². The molecule has 1 aromatic heterocycles. The maximum atomic E-state index is 4.51. The molecule has 5 heteroatoms. The van der Waals surface area contributed by atoms with Crippen LogP contribution >= 0.6 is 11.3 Å². The summed E-state index contributed by atoms with van der Waals surface area (Å²) in [4.78, 5) is 6.93. The van der Waals surface area contributed by atoms with Crippen LogP contribution in [0.5, 0.6) is 0 Å². The molecule has 7 aromatic rings. The van der Waals surface area contributed by atoms with Gasteiger partial charge in [0.15, 0.2) is 0 Å². The number of benzene rings is 6. The Kier molecular flexibility index (Phi) is 11.1. The van der Waals surface area contributed by atoms with E-state index in [0.717, 1.165) is 0 Å². The summed E-state index contributed by atoms with van der Waals surface area (Å²) in [5.74, 6) is 0.753. The summed E-state index contributed by atoms with van der Waals surface area (Å²) in [7, 11) is 0. The van der Waals surface area contributed by atoms with Crippen LogP contribution in [-0.4, -0.2) is 12.3 Å². The molecule has 0 radical (unpaired) electrons. The van der Waals surface area contributed by atoms with E-state index >= 15 is 0 Å². The molecule has 1 N–H and O–H groups in total. The molecule has 4 heterocycles. The molecular weight excluding hydrogens is 914 g/mol. The Balaban J connectivity index is 1.10. The third-order valence-electron chi connectivity index (χ3n) is 19.4. The van der Waals surface area contributed by atoms with Crippen molar-refractivity contribution in [2.75, 3.05) is 15.1 Å². The molecule has 2 saturated carbocycles. The number of fused-ring (bicyclic) bond motifs is 11. The normalized spacial score (nSPS) is 20.5. The van der Waals surface area contributed by atoms with Crippen molar-refractivity contribution in [2.24, 2.45) is 0 Å². The second-order valence-electron chi connectivity index (χ2n) is 27.1. The lowest BCUT2D eigenvalue weighted by molar-refractivity contribution is 0.197. The highest BCUT2D eigenvalue weighted by Crippen LogP contribution is 2.64. The average molecular weight is 992 g/mol. The van der Waals surface area contributed by atoms with Gasteiger partial charge < -0.3 is 15.1 Å². The molecule has 2 atom stereocenters. The van der Waals surface area contributed by atoms with Gasteiger partial charge in [-0.3, -0.25) is 0 Å². The van der Waals surface area contributed by atoms with Gasteiger partial charge in [0.25, 0.3) is 0 Å². The Morgan fingerprint density at radius 3 is 1.88 bits per heavy atom. The number of hydrogen-bond acceptors (Lipinski definition) is 4. The van der Waals surface area contributed by atoms with Crippen molar-refractivity contribution in [1.29, 1.82) is 0 Å². The third-order valence-corrected chi connectivity index (χ3v) is 20.6. The average Bonchev–Trinajstić information content (AvgIpc) is 3.84. The molecule has 378 valence electrons. The first-order chi connectivity index (χ1) is 35.3. The molecule has 3 aliphatic carbocycles. The predicted molar refractivity (Wildman–Crippen MR) is 322 cm³/mol. The Morgan fingerprint density at radius 1 is 0.622 bits per heavy atom. The molecule has 0 saturated heterocycles. The van der Waals surface area contributed by atoms with Gasteiger partial charge in [-0.1, -0.05) is 180 Å². The molecule has 1 spiro atoms. The Labute approximate surface area is 448 Å². The van der Waals surface area contributed by atoms with Crippen LogP contribution < -0.4 is 31.5 Å². The predicted octanol–water partition coefficient (Wildman–Crippen LogP) is 17.6. The highest BCUT2D eigenvalue weighted by atomic mass is 32.1. The van der Waals surface area contributed by atoms with Gasteiger partial charge in [0, 0.05) is 66.0 Å². The first-order valence-electron chi connectivity index (χ1n) is 28.6. The lowest BCUT2D eigenvalue weighted by Crippen LogP contribution is -2.63. The zero-order valence-electron chi connectivity index (χ0n) is 46.3. The van der Waals surface area contributed by atoms with Crippen molar-refractivity contribution in [3.05, 3.63) is 165 Å². The van der Waals surface area contributed by atoms with Gasteiger partial charge in [0.05, 0.1) is 6.04 Å². The lowest BCUT2D eigenvalue weighted by Gasteiger charge is -2.51. The Morgan fingerprint density at radius 2 is 1.23 bits per heavy atom. The van der Waals surface area contributed by atoms with Crippen molar-refractivity contribution >= 4 is 84.7 Å². The molecule has 13 rings (SSSR count). The summed E-state index contributed by atoms with van der Waals surface area (Å²) >= 11 is 1.99. The van der Waals surface area contributed by atoms with Crippen molar-refractivity contribution in [3.63, 3.8) is 0 Å². The Hall–Kier alpha value is -5.52. The largest absolute Gasteiger partial charge is 0.377 e. The van der Waals surface area contributed by atoms with Crippen LogP contribution in [0.4, 0.5) is 34.1 Å². The van der Waals surface area contributed by atoms with Gasteiger partial charge in [-0.2, -0.15) is 0 Å². The van der Waals surface area contributed by atoms with Gasteiger partial charge >= 0.3 is 0 Å². The molecule has 3 nitrogen and oxygen atoms in total. The number of thiophene rings is 1. The van der Waals surface area contributed by atoms with E-state index in [9.17, 15) is 0 Å². The second-order valence-corrected chi connectivity index (χ2v) is 28.2. The summed E-state index contributed by atoms with van der Waals surface area (Å²) < 4.78 is 1.36. The molecule has 2 unspecified atom stereocenters. The lowest BCUT2D eigenvalue weighted by atomic mass is 9.33. The van der Waals surface area contributed by atoms with Crippen molar-refractivity contribution in [1.82, 2.24) is 0 Å². The number of nitrogens with one attached hydrogen (secondary N) is 1. The summed E-state index contributed by atoms with van der Waals surface area (Å²) in [6, 6.07) is 46.1. The smallest absolute Gasteiger partial charge is 0.249 e. The van der Waals surface area contributed by atoms with Crippen LogP contribution in [0.2, 0.25) is 0 Å². The fraction of sp³-hybridized carbons (Fsp3) is 0.420. The minimum atomic E-state index is -0.107. The van der Waals surface area contributed by atoms with E-state index in [1.54, 1.807) is 16.8 Å². The summed E-state index contributed by atoms with van der Waals surface area (Å²) in [6.07, 6.45) is 18.3. The standard InChI is InChI=1S/C69H78BN3S/c1-65(2,3)44-24-28-47(29-25-44)72(48-30-26-45(27-31-48)66(4,5)6)49-32-36-55-57(42-49)71-62-52(33-34-53-51-22-16-17-23-59(51)74-64(53)62)54-40-46(67(7,8)9)41-58-61(54)70(55)56-37-35-50(43-20-14-12-15-21-43)60-63(56)73(58)68(10,11)69(60)38-18-13-19-39-69/h16-17,22-37,40-43,52,62,71H,12-15,18-21,38-39H2,1-11H3. The fourth-order valence-corrected chi connectivity index (χ4v) is 16.5. The molecule has 2 fully saturated rings. The minimum absolute atomic E-state index is 0.0363.